The fraction of sp³-hybridized carbons (Fsp3) is 0.136. The normalized spacial score (nSPS) is 11.0. The maximum atomic E-state index is 12.7. The number of ether oxygens (including phenoxy) is 1. The van der Waals surface area contributed by atoms with Crippen LogP contribution in [0.1, 0.15) is 22.8 Å². The minimum absolute atomic E-state index is 0.0174. The van der Waals surface area contributed by atoms with E-state index in [4.69, 9.17) is 16.3 Å². The second-order valence-corrected chi connectivity index (χ2v) is 8.83. The Kier molecular flexibility index (Phi) is 6.97. The van der Waals surface area contributed by atoms with E-state index in [0.29, 0.717) is 27.7 Å². The first-order valence-corrected chi connectivity index (χ1v) is 11.3. The molecule has 3 rings (SSSR count). The zero-order valence-corrected chi connectivity index (χ0v) is 17.8. The quantitative estimate of drug-likeness (QED) is 0.515. The lowest BCUT2D eigenvalue weighted by molar-refractivity contribution is 0.102. The topological polar surface area (TPSA) is 84.5 Å². The average Bonchev–Trinajstić information content (AvgIpc) is 2.74. The number of halogens is 1. The second kappa shape index (κ2) is 9.65. The SMILES string of the molecule is CCS(=O)(=O)Nc1ccc(NC(=O)c2ccccc2OCc2ccccc2Cl)cc1. The van der Waals surface area contributed by atoms with E-state index in [0.717, 1.165) is 5.56 Å². The van der Waals surface area contributed by atoms with Crippen LogP contribution >= 0.6 is 11.6 Å². The third-order valence-corrected chi connectivity index (χ3v) is 5.94. The Hall–Kier alpha value is -3.03. The molecule has 0 saturated carbocycles. The van der Waals surface area contributed by atoms with Crippen molar-refractivity contribution in [1.82, 2.24) is 0 Å². The molecule has 1 amide bonds. The molecule has 0 aromatic heterocycles. The molecule has 0 aliphatic carbocycles. The molecule has 0 atom stereocenters. The predicted octanol–water partition coefficient (Wildman–Crippen LogP) is 4.93. The van der Waals surface area contributed by atoms with Crippen LogP contribution in [0.3, 0.4) is 0 Å². The summed E-state index contributed by atoms with van der Waals surface area (Å²) >= 11 is 6.16. The van der Waals surface area contributed by atoms with Crippen LogP contribution in [0, 0.1) is 0 Å². The van der Waals surface area contributed by atoms with E-state index in [-0.39, 0.29) is 18.3 Å². The van der Waals surface area contributed by atoms with E-state index in [2.05, 4.69) is 10.0 Å². The van der Waals surface area contributed by atoms with Crippen LogP contribution in [0.5, 0.6) is 5.75 Å². The minimum atomic E-state index is -3.35. The number of carbonyl (C=O) groups excluding carboxylic acids is 1. The molecule has 0 unspecified atom stereocenters. The fourth-order valence-electron chi connectivity index (χ4n) is 2.62. The Morgan fingerprint density at radius 3 is 2.27 bits per heavy atom. The first kappa shape index (κ1) is 21.7. The number of nitrogens with one attached hydrogen (secondary N) is 2. The number of hydrogen-bond acceptors (Lipinski definition) is 4. The molecule has 0 fully saturated rings. The highest BCUT2D eigenvalue weighted by Gasteiger charge is 2.13. The minimum Gasteiger partial charge on any atom is -0.488 e. The Balaban J connectivity index is 1.69. The summed E-state index contributed by atoms with van der Waals surface area (Å²) in [4.78, 5) is 12.7. The van der Waals surface area contributed by atoms with Crippen molar-refractivity contribution in [2.75, 3.05) is 15.8 Å². The largest absolute Gasteiger partial charge is 0.488 e. The molecular formula is C22H21ClN2O4S. The van der Waals surface area contributed by atoms with Crippen LogP contribution in [-0.2, 0) is 16.6 Å². The lowest BCUT2D eigenvalue weighted by atomic mass is 10.1. The first-order chi connectivity index (χ1) is 14.4. The summed E-state index contributed by atoms with van der Waals surface area (Å²) in [5.74, 6) is 0.0742. The number of para-hydroxylation sites is 1. The lowest BCUT2D eigenvalue weighted by Crippen LogP contribution is -2.15. The van der Waals surface area contributed by atoms with Crippen molar-refractivity contribution < 1.29 is 17.9 Å². The van der Waals surface area contributed by atoms with Gasteiger partial charge in [0.2, 0.25) is 10.0 Å². The first-order valence-electron chi connectivity index (χ1n) is 9.25. The van der Waals surface area contributed by atoms with E-state index < -0.39 is 10.0 Å². The van der Waals surface area contributed by atoms with Crippen molar-refractivity contribution in [3.05, 3.63) is 88.9 Å². The Morgan fingerprint density at radius 2 is 1.57 bits per heavy atom. The number of anilines is 2. The van der Waals surface area contributed by atoms with Gasteiger partial charge >= 0.3 is 0 Å². The molecule has 2 N–H and O–H groups in total. The molecule has 156 valence electrons. The third-order valence-electron chi connectivity index (χ3n) is 4.27. The smallest absolute Gasteiger partial charge is 0.259 e. The highest BCUT2D eigenvalue weighted by molar-refractivity contribution is 7.92. The summed E-state index contributed by atoms with van der Waals surface area (Å²) in [6, 6.07) is 20.7. The molecule has 6 nitrogen and oxygen atoms in total. The molecule has 0 spiro atoms. The molecule has 0 aliphatic heterocycles. The summed E-state index contributed by atoms with van der Waals surface area (Å²) in [5.41, 5.74) is 2.15. The van der Waals surface area contributed by atoms with Crippen molar-refractivity contribution >= 4 is 38.9 Å². The van der Waals surface area contributed by atoms with Crippen molar-refractivity contribution in [2.24, 2.45) is 0 Å². The van der Waals surface area contributed by atoms with Crippen LogP contribution in [-0.4, -0.2) is 20.1 Å². The fourth-order valence-corrected chi connectivity index (χ4v) is 3.45. The Bertz CT molecular complexity index is 1130. The number of benzene rings is 3. The highest BCUT2D eigenvalue weighted by atomic mass is 35.5. The zero-order chi connectivity index (χ0) is 21.6. The van der Waals surface area contributed by atoms with Crippen molar-refractivity contribution in [3.8, 4) is 5.75 Å². The van der Waals surface area contributed by atoms with Gasteiger partial charge in [0, 0.05) is 22.0 Å². The third kappa shape index (κ3) is 5.75. The van der Waals surface area contributed by atoms with E-state index in [9.17, 15) is 13.2 Å². The molecule has 8 heteroatoms. The van der Waals surface area contributed by atoms with E-state index in [1.807, 2.05) is 18.2 Å². The van der Waals surface area contributed by atoms with Crippen LogP contribution in [0.2, 0.25) is 5.02 Å². The van der Waals surface area contributed by atoms with Gasteiger partial charge in [0.15, 0.2) is 0 Å². The molecular weight excluding hydrogens is 424 g/mol. The van der Waals surface area contributed by atoms with Gasteiger partial charge in [-0.3, -0.25) is 9.52 Å². The summed E-state index contributed by atoms with van der Waals surface area (Å²) in [7, 11) is -3.35. The summed E-state index contributed by atoms with van der Waals surface area (Å²) in [6.07, 6.45) is 0. The van der Waals surface area contributed by atoms with E-state index in [1.165, 1.54) is 0 Å². The van der Waals surface area contributed by atoms with Crippen LogP contribution < -0.4 is 14.8 Å². The predicted molar refractivity (Wildman–Crippen MR) is 120 cm³/mol. The van der Waals surface area contributed by atoms with Gasteiger partial charge in [-0.1, -0.05) is 41.9 Å². The van der Waals surface area contributed by atoms with Gasteiger partial charge < -0.3 is 10.1 Å². The molecule has 3 aromatic carbocycles. The number of amides is 1. The van der Waals surface area contributed by atoms with Gasteiger partial charge in [0.25, 0.3) is 5.91 Å². The number of carbonyl (C=O) groups is 1. The van der Waals surface area contributed by atoms with Crippen molar-refractivity contribution in [3.63, 3.8) is 0 Å². The van der Waals surface area contributed by atoms with E-state index in [1.54, 1.807) is 61.5 Å². The van der Waals surface area contributed by atoms with Crippen LogP contribution in [0.15, 0.2) is 72.8 Å². The number of rotatable bonds is 8. The molecule has 0 bridgehead atoms. The molecule has 0 heterocycles. The van der Waals surface area contributed by atoms with Crippen molar-refractivity contribution in [1.29, 1.82) is 0 Å². The summed E-state index contributed by atoms with van der Waals surface area (Å²) < 4.78 is 31.6. The standard InChI is InChI=1S/C22H21ClN2O4S/c1-2-30(27,28)25-18-13-11-17(12-14-18)24-22(26)19-8-4-6-10-21(19)29-15-16-7-3-5-9-20(16)23/h3-14,25H,2,15H2,1H3,(H,24,26). The maximum Gasteiger partial charge on any atom is 0.259 e. The van der Waals surface area contributed by atoms with Crippen molar-refractivity contribution in [2.45, 2.75) is 13.5 Å². The van der Waals surface area contributed by atoms with Crippen LogP contribution in [0.25, 0.3) is 0 Å². The number of sulfonamides is 1. The van der Waals surface area contributed by atoms with Gasteiger partial charge in [0.05, 0.1) is 11.3 Å². The molecule has 0 radical (unpaired) electrons. The van der Waals surface area contributed by atoms with Gasteiger partial charge in [-0.2, -0.15) is 0 Å². The van der Waals surface area contributed by atoms with Gasteiger partial charge in [-0.15, -0.1) is 0 Å². The van der Waals surface area contributed by atoms with Gasteiger partial charge in [-0.05, 0) is 49.4 Å². The van der Waals surface area contributed by atoms with Gasteiger partial charge in [0.1, 0.15) is 12.4 Å². The second-order valence-electron chi connectivity index (χ2n) is 6.41. The Labute approximate surface area is 180 Å². The van der Waals surface area contributed by atoms with Gasteiger partial charge in [-0.25, -0.2) is 8.42 Å². The maximum absolute atomic E-state index is 12.7. The zero-order valence-electron chi connectivity index (χ0n) is 16.3. The average molecular weight is 445 g/mol. The molecule has 0 aliphatic rings. The number of hydrogen-bond donors (Lipinski definition) is 2. The molecule has 0 saturated heterocycles. The van der Waals surface area contributed by atoms with Crippen LogP contribution in [0.4, 0.5) is 11.4 Å². The Morgan fingerprint density at radius 1 is 0.933 bits per heavy atom. The van der Waals surface area contributed by atoms with E-state index >= 15 is 0 Å². The molecule has 30 heavy (non-hydrogen) atoms. The monoisotopic (exact) mass is 444 g/mol. The highest BCUT2D eigenvalue weighted by Crippen LogP contribution is 2.23. The molecule has 3 aromatic rings. The lowest BCUT2D eigenvalue weighted by Gasteiger charge is -2.13. The summed E-state index contributed by atoms with van der Waals surface area (Å²) in [6.45, 7) is 1.79. The summed E-state index contributed by atoms with van der Waals surface area (Å²) in [5, 5.41) is 3.39.